The smallest absolute Gasteiger partial charge is 0.392 e. The number of carbonyl (C=O) groups excluding carboxylic acids is 1. The van der Waals surface area contributed by atoms with Crippen LogP contribution in [-0.4, -0.2) is 73.0 Å². The zero-order chi connectivity index (χ0) is 29.0. The molecule has 0 rings (SSSR count). The van der Waals surface area contributed by atoms with Crippen molar-refractivity contribution in [3.05, 3.63) is 12.2 Å². The number of carbonyl (C=O) groups is 2. The van der Waals surface area contributed by atoms with Gasteiger partial charge in [-0.15, -0.1) is 0 Å². The van der Waals surface area contributed by atoms with Crippen molar-refractivity contribution in [3.63, 3.8) is 0 Å². The highest BCUT2D eigenvalue weighted by Gasteiger charge is 2.70. The van der Waals surface area contributed by atoms with E-state index in [2.05, 4.69) is 4.74 Å². The Kier molecular flexibility index (Phi) is 11.6. The molecular weight excluding hydrogens is 560 g/mol. The molecule has 0 aromatic heterocycles. The summed E-state index contributed by atoms with van der Waals surface area (Å²) in [6.07, 6.45) is -12.7. The molecule has 17 heteroatoms. The summed E-state index contributed by atoms with van der Waals surface area (Å²) in [5.41, 5.74) is -2.51. The highest BCUT2D eigenvalue weighted by atomic mass is 28.5. The van der Waals surface area contributed by atoms with Gasteiger partial charge in [0.2, 0.25) is 0 Å². The van der Waals surface area contributed by atoms with Gasteiger partial charge in [-0.2, -0.15) is 30.7 Å². The van der Waals surface area contributed by atoms with Crippen molar-refractivity contribution in [1.82, 2.24) is 0 Å². The first kappa shape index (κ1) is 34.7. The van der Waals surface area contributed by atoms with E-state index in [9.17, 15) is 35.9 Å². The summed E-state index contributed by atoms with van der Waals surface area (Å²) < 4.78 is 127. The molecule has 2 unspecified atom stereocenters. The second-order valence-corrected chi connectivity index (χ2v) is 22.6. The van der Waals surface area contributed by atoms with E-state index in [1.165, 1.54) is 13.1 Å². The summed E-state index contributed by atoms with van der Waals surface area (Å²) in [6.45, 7) is 9.60. The maximum atomic E-state index is 15.2. The van der Waals surface area contributed by atoms with E-state index >= 15 is 8.78 Å². The molecule has 0 aliphatic heterocycles. The molecule has 2 atom stereocenters. The Morgan fingerprint density at radius 2 is 1.36 bits per heavy atom. The molecule has 0 heterocycles. The molecule has 0 aliphatic carbocycles. The Morgan fingerprint density at radius 1 is 0.861 bits per heavy atom. The molecule has 0 aromatic rings. The van der Waals surface area contributed by atoms with Crippen molar-refractivity contribution < 1.29 is 62.8 Å². The van der Waals surface area contributed by atoms with Crippen molar-refractivity contribution >= 4 is 37.1 Å². The first-order valence-corrected chi connectivity index (χ1v) is 19.9. The van der Waals surface area contributed by atoms with E-state index in [4.69, 9.17) is 13.3 Å². The summed E-state index contributed by atoms with van der Waals surface area (Å²) in [6, 6.07) is 0. The number of hydrogen-bond acceptors (Lipinski definition) is 5. The Labute approximate surface area is 207 Å². The van der Waals surface area contributed by atoms with E-state index in [0.29, 0.717) is 12.2 Å². The molecule has 0 amide bonds. The van der Waals surface area contributed by atoms with Crippen LogP contribution >= 0.6 is 0 Å². The minimum absolute atomic E-state index is 0.386. The van der Waals surface area contributed by atoms with E-state index in [0.717, 1.165) is 13.1 Å². The van der Waals surface area contributed by atoms with E-state index in [1.54, 1.807) is 19.6 Å². The Hall–Kier alpha value is -1.31. The molecule has 212 valence electrons. The van der Waals surface area contributed by atoms with Crippen molar-refractivity contribution in [1.29, 1.82) is 0 Å². The summed E-state index contributed by atoms with van der Waals surface area (Å²) in [5, 5.41) is 8.49. The van der Waals surface area contributed by atoms with Gasteiger partial charge in [-0.05, 0) is 52.2 Å². The molecule has 0 spiro atoms. The van der Waals surface area contributed by atoms with Crippen LogP contribution in [0.2, 0.25) is 51.4 Å². The normalized spacial score (nSPS) is 16.2. The van der Waals surface area contributed by atoms with Gasteiger partial charge >= 0.3 is 38.5 Å². The van der Waals surface area contributed by atoms with E-state index < -0.39 is 86.3 Å². The minimum atomic E-state index is -5.74. The molecule has 0 saturated carbocycles. The van der Waals surface area contributed by atoms with Gasteiger partial charge in [0.25, 0.3) is 0 Å². The lowest BCUT2D eigenvalue weighted by molar-refractivity contribution is -0.261. The monoisotopic (exact) mass is 592 g/mol. The SMILES string of the molecule is C[Si](C)(C)O[Si](C)(C)O[Si](C)(C)C(CCOC(=O)C=CC(=O)O)C(F)(F)C(F)(F)C(F)CC(F)(F)F. The van der Waals surface area contributed by atoms with Crippen LogP contribution in [0.5, 0.6) is 0 Å². The van der Waals surface area contributed by atoms with Gasteiger partial charge in [-0.1, -0.05) is 0 Å². The number of hydrogen-bond donors (Lipinski definition) is 1. The number of aliphatic carboxylic acids is 1. The molecule has 0 fully saturated rings. The number of esters is 1. The van der Waals surface area contributed by atoms with E-state index in [1.807, 2.05) is 0 Å². The predicted octanol–water partition coefficient (Wildman–Crippen LogP) is 6.27. The zero-order valence-corrected chi connectivity index (χ0v) is 23.9. The Balaban J connectivity index is 6.20. The van der Waals surface area contributed by atoms with Gasteiger partial charge < -0.3 is 18.1 Å². The standard InChI is InChI=1S/C19H32F8O6Si3/c1-34(2,3)32-36(6,7)33-35(4,5)14(10-11-31-16(30)9-8-15(28)29)19(26,27)18(24,25)13(20)12-17(21,22)23/h8-9,13-14H,10-12H2,1-7H3,(H,28,29). The van der Waals surface area contributed by atoms with Crippen LogP contribution in [0.25, 0.3) is 0 Å². The highest BCUT2D eigenvalue weighted by molar-refractivity contribution is 6.88. The van der Waals surface area contributed by atoms with Crippen molar-refractivity contribution in [2.45, 2.75) is 88.4 Å². The number of alkyl halides is 8. The van der Waals surface area contributed by atoms with Gasteiger partial charge in [0.1, 0.15) is 0 Å². The minimum Gasteiger partial charge on any atom is -0.478 e. The fourth-order valence-electron chi connectivity index (χ4n) is 3.67. The maximum Gasteiger partial charge on any atom is 0.392 e. The maximum absolute atomic E-state index is 15.2. The molecule has 0 radical (unpaired) electrons. The van der Waals surface area contributed by atoms with Crippen LogP contribution in [0.4, 0.5) is 35.1 Å². The van der Waals surface area contributed by atoms with Crippen molar-refractivity contribution in [3.8, 4) is 0 Å². The third kappa shape index (κ3) is 11.4. The number of carboxylic acids is 1. The Morgan fingerprint density at radius 3 is 1.78 bits per heavy atom. The summed E-state index contributed by atoms with van der Waals surface area (Å²) in [5.74, 6) is -13.9. The quantitative estimate of drug-likeness (QED) is 0.111. The number of rotatable bonds is 14. The van der Waals surface area contributed by atoms with E-state index in [-0.39, 0.29) is 0 Å². The third-order valence-electron chi connectivity index (χ3n) is 4.60. The average molecular weight is 593 g/mol. The van der Waals surface area contributed by atoms with Crippen LogP contribution in [0.3, 0.4) is 0 Å². The van der Waals surface area contributed by atoms with Gasteiger partial charge in [0.15, 0.2) is 22.8 Å². The van der Waals surface area contributed by atoms with Crippen LogP contribution in [0, 0.1) is 0 Å². The Bertz CT molecular complexity index is 797. The molecule has 0 aliphatic rings. The van der Waals surface area contributed by atoms with Gasteiger partial charge in [-0.25, -0.2) is 14.0 Å². The van der Waals surface area contributed by atoms with Crippen molar-refractivity contribution in [2.24, 2.45) is 0 Å². The number of carboxylic acid groups (broad SMARTS) is 1. The molecule has 1 N–H and O–H groups in total. The third-order valence-corrected chi connectivity index (χ3v) is 15.4. The lowest BCUT2D eigenvalue weighted by Crippen LogP contribution is -2.61. The summed E-state index contributed by atoms with van der Waals surface area (Å²) in [7, 11) is -9.59. The second-order valence-electron chi connectivity index (χ2n) is 10.0. The van der Waals surface area contributed by atoms with Gasteiger partial charge in [0.05, 0.1) is 18.6 Å². The lowest BCUT2D eigenvalue weighted by Gasteiger charge is -2.45. The van der Waals surface area contributed by atoms with Crippen LogP contribution in [-0.2, 0) is 22.6 Å². The molecular formula is C19H32F8O6Si3. The molecule has 0 aromatic carbocycles. The molecule has 0 bridgehead atoms. The van der Waals surface area contributed by atoms with Gasteiger partial charge in [0, 0.05) is 12.2 Å². The number of halogens is 8. The summed E-state index contributed by atoms with van der Waals surface area (Å²) >= 11 is 0. The highest BCUT2D eigenvalue weighted by Crippen LogP contribution is 2.53. The first-order chi connectivity index (χ1) is 15.7. The van der Waals surface area contributed by atoms with Crippen molar-refractivity contribution in [2.75, 3.05) is 6.61 Å². The zero-order valence-electron chi connectivity index (χ0n) is 20.9. The fourth-order valence-corrected chi connectivity index (χ4v) is 17.6. The topological polar surface area (TPSA) is 82.1 Å². The molecule has 0 saturated heterocycles. The fraction of sp³-hybridized carbons (Fsp3) is 0.789. The second kappa shape index (κ2) is 12.0. The molecule has 36 heavy (non-hydrogen) atoms. The lowest BCUT2D eigenvalue weighted by atomic mass is 9.99. The van der Waals surface area contributed by atoms with Gasteiger partial charge in [-0.3, -0.25) is 0 Å². The number of ether oxygens (including phenoxy) is 1. The van der Waals surface area contributed by atoms with Crippen LogP contribution < -0.4 is 0 Å². The largest absolute Gasteiger partial charge is 0.478 e. The van der Waals surface area contributed by atoms with Crippen LogP contribution in [0.1, 0.15) is 12.8 Å². The van der Waals surface area contributed by atoms with Crippen LogP contribution in [0.15, 0.2) is 12.2 Å². The molecule has 6 nitrogen and oxygen atoms in total. The predicted molar refractivity (Wildman–Crippen MR) is 122 cm³/mol. The average Bonchev–Trinajstić information content (AvgIpc) is 2.58. The summed E-state index contributed by atoms with van der Waals surface area (Å²) in [4.78, 5) is 22.0. The first-order valence-electron chi connectivity index (χ1n) is 10.7.